The van der Waals surface area contributed by atoms with Crippen molar-refractivity contribution >= 4 is 17.3 Å². The predicted octanol–water partition coefficient (Wildman–Crippen LogP) is 2.82. The summed E-state index contributed by atoms with van der Waals surface area (Å²) in [7, 11) is 1.77. The van der Waals surface area contributed by atoms with E-state index in [2.05, 4.69) is 61.4 Å². The predicted molar refractivity (Wildman–Crippen MR) is 106 cm³/mol. The lowest BCUT2D eigenvalue weighted by atomic mass is 10.2. The molecule has 136 valence electrons. The highest BCUT2D eigenvalue weighted by atomic mass is 32.1. The topological polar surface area (TPSA) is 67.1 Å². The number of benzene rings is 1. The number of nitrogens with zero attached hydrogens (tertiary/aromatic N) is 4. The van der Waals surface area contributed by atoms with Crippen molar-refractivity contribution in [1.29, 1.82) is 0 Å². The molecule has 0 amide bonds. The summed E-state index contributed by atoms with van der Waals surface area (Å²) in [5.74, 6) is 1.71. The quantitative estimate of drug-likeness (QED) is 0.497. The fourth-order valence-corrected chi connectivity index (χ4v) is 3.37. The van der Waals surface area contributed by atoms with Crippen molar-refractivity contribution in [2.75, 3.05) is 7.05 Å². The molecule has 0 saturated heterocycles. The van der Waals surface area contributed by atoms with Crippen molar-refractivity contribution in [3.63, 3.8) is 0 Å². The van der Waals surface area contributed by atoms with Gasteiger partial charge in [0.05, 0.1) is 13.1 Å². The molecule has 0 unspecified atom stereocenters. The van der Waals surface area contributed by atoms with Gasteiger partial charge in [0.1, 0.15) is 10.8 Å². The first-order valence-electron chi connectivity index (χ1n) is 8.70. The zero-order valence-corrected chi connectivity index (χ0v) is 16.0. The number of aryl methyl sites for hydroxylation is 1. The maximum absolute atomic E-state index is 4.46. The summed E-state index contributed by atoms with van der Waals surface area (Å²) >= 11 is 1.73. The van der Waals surface area contributed by atoms with Crippen LogP contribution in [0.5, 0.6) is 0 Å². The molecule has 0 radical (unpaired) electrons. The van der Waals surface area contributed by atoms with Crippen LogP contribution < -0.4 is 10.6 Å². The third-order valence-corrected chi connectivity index (χ3v) is 5.13. The maximum atomic E-state index is 4.46. The van der Waals surface area contributed by atoms with Crippen molar-refractivity contribution in [2.45, 2.75) is 33.0 Å². The molecule has 0 aliphatic rings. The van der Waals surface area contributed by atoms with Crippen LogP contribution >= 0.6 is 11.3 Å². The molecule has 0 spiro atoms. The molecule has 1 aromatic carbocycles. The van der Waals surface area contributed by atoms with Crippen LogP contribution in [0.25, 0.3) is 0 Å². The van der Waals surface area contributed by atoms with E-state index in [0.29, 0.717) is 13.1 Å². The van der Waals surface area contributed by atoms with Crippen LogP contribution in [0, 0.1) is 0 Å². The zero-order valence-electron chi connectivity index (χ0n) is 15.1. The molecule has 2 heterocycles. The minimum absolute atomic E-state index is 0.609. The van der Waals surface area contributed by atoms with Crippen LogP contribution in [0.3, 0.4) is 0 Å². The van der Waals surface area contributed by atoms with Gasteiger partial charge < -0.3 is 15.2 Å². The number of aromatic nitrogens is 3. The molecule has 0 saturated carbocycles. The maximum Gasteiger partial charge on any atom is 0.191 e. The SMILES string of the molecule is CCc1cnc(CNC(=NC)NCc2nccn2Cc2ccccc2)s1. The molecule has 2 aromatic heterocycles. The van der Waals surface area contributed by atoms with Gasteiger partial charge in [-0.05, 0) is 12.0 Å². The smallest absolute Gasteiger partial charge is 0.191 e. The fraction of sp³-hybridized carbons (Fsp3) is 0.316. The van der Waals surface area contributed by atoms with Gasteiger partial charge in [0.15, 0.2) is 5.96 Å². The summed E-state index contributed by atoms with van der Waals surface area (Å²) in [6.45, 7) is 4.23. The van der Waals surface area contributed by atoms with Crippen molar-refractivity contribution < 1.29 is 0 Å². The average molecular weight is 369 g/mol. The average Bonchev–Trinajstić information content (AvgIpc) is 3.32. The van der Waals surface area contributed by atoms with Gasteiger partial charge in [0.2, 0.25) is 0 Å². The molecule has 0 aliphatic heterocycles. The Morgan fingerprint density at radius 3 is 2.69 bits per heavy atom. The number of rotatable bonds is 7. The van der Waals surface area contributed by atoms with Gasteiger partial charge in [-0.3, -0.25) is 4.99 Å². The molecule has 7 heteroatoms. The Bertz CT molecular complexity index is 837. The molecule has 3 aromatic rings. The Labute approximate surface area is 158 Å². The largest absolute Gasteiger partial charge is 0.350 e. The number of guanidine groups is 1. The molecular formula is C19H24N6S. The van der Waals surface area contributed by atoms with E-state index in [4.69, 9.17) is 0 Å². The number of thiazole rings is 1. The van der Waals surface area contributed by atoms with Crippen LogP contribution in [-0.4, -0.2) is 27.5 Å². The number of nitrogens with one attached hydrogen (secondary N) is 2. The first-order chi connectivity index (χ1) is 12.8. The molecule has 0 fully saturated rings. The van der Waals surface area contributed by atoms with E-state index in [-0.39, 0.29) is 0 Å². The molecule has 0 atom stereocenters. The Kier molecular flexibility index (Phi) is 6.38. The third-order valence-electron chi connectivity index (χ3n) is 3.99. The monoisotopic (exact) mass is 368 g/mol. The second kappa shape index (κ2) is 9.15. The van der Waals surface area contributed by atoms with Crippen molar-refractivity contribution in [1.82, 2.24) is 25.2 Å². The van der Waals surface area contributed by atoms with Crippen LogP contribution in [0.4, 0.5) is 0 Å². The highest BCUT2D eigenvalue weighted by Crippen LogP contribution is 2.12. The summed E-state index contributed by atoms with van der Waals surface area (Å²) in [5, 5.41) is 7.69. The second-order valence-corrected chi connectivity index (χ2v) is 7.01. The highest BCUT2D eigenvalue weighted by Gasteiger charge is 2.06. The molecule has 6 nitrogen and oxygen atoms in total. The van der Waals surface area contributed by atoms with Gasteiger partial charge in [-0.15, -0.1) is 11.3 Å². The van der Waals surface area contributed by atoms with Gasteiger partial charge in [-0.1, -0.05) is 37.3 Å². The van der Waals surface area contributed by atoms with Crippen LogP contribution in [-0.2, 0) is 26.1 Å². The number of hydrogen-bond acceptors (Lipinski definition) is 4. The van der Waals surface area contributed by atoms with Gasteiger partial charge in [-0.2, -0.15) is 0 Å². The third kappa shape index (κ3) is 4.92. The molecule has 2 N–H and O–H groups in total. The zero-order chi connectivity index (χ0) is 18.2. The number of imidazole rings is 1. The first kappa shape index (κ1) is 18.1. The first-order valence-corrected chi connectivity index (χ1v) is 9.52. The Hall–Kier alpha value is -2.67. The lowest BCUT2D eigenvalue weighted by Crippen LogP contribution is -2.37. The number of hydrogen-bond donors (Lipinski definition) is 2. The highest BCUT2D eigenvalue weighted by molar-refractivity contribution is 7.11. The van der Waals surface area contributed by atoms with Crippen LogP contribution in [0.1, 0.15) is 28.2 Å². The molecular weight excluding hydrogens is 344 g/mol. The molecule has 3 rings (SSSR count). The summed E-state index contributed by atoms with van der Waals surface area (Å²) in [5.41, 5.74) is 1.25. The van der Waals surface area contributed by atoms with E-state index in [1.54, 1.807) is 18.4 Å². The minimum Gasteiger partial charge on any atom is -0.350 e. The van der Waals surface area contributed by atoms with Crippen molar-refractivity contribution in [3.8, 4) is 0 Å². The lowest BCUT2D eigenvalue weighted by molar-refractivity contribution is 0.687. The van der Waals surface area contributed by atoms with Crippen molar-refractivity contribution in [3.05, 3.63) is 70.2 Å². The Morgan fingerprint density at radius 2 is 1.96 bits per heavy atom. The lowest BCUT2D eigenvalue weighted by Gasteiger charge is -2.12. The molecule has 0 bridgehead atoms. The van der Waals surface area contributed by atoms with E-state index >= 15 is 0 Å². The summed E-state index contributed by atoms with van der Waals surface area (Å²) in [6, 6.07) is 10.4. The second-order valence-electron chi connectivity index (χ2n) is 5.81. The fourth-order valence-electron chi connectivity index (χ4n) is 2.57. The van der Waals surface area contributed by atoms with E-state index < -0.39 is 0 Å². The Balaban J connectivity index is 1.53. The van der Waals surface area contributed by atoms with Gasteiger partial charge >= 0.3 is 0 Å². The van der Waals surface area contributed by atoms with E-state index in [1.165, 1.54) is 10.4 Å². The van der Waals surface area contributed by atoms with E-state index in [1.807, 2.05) is 24.7 Å². The van der Waals surface area contributed by atoms with E-state index in [0.717, 1.165) is 29.8 Å². The van der Waals surface area contributed by atoms with E-state index in [9.17, 15) is 0 Å². The minimum atomic E-state index is 0.609. The number of aliphatic imine (C=N–C) groups is 1. The summed E-state index contributed by atoms with van der Waals surface area (Å²) in [4.78, 5) is 14.5. The summed E-state index contributed by atoms with van der Waals surface area (Å²) in [6.07, 6.45) is 6.80. The molecule has 0 aliphatic carbocycles. The Morgan fingerprint density at radius 1 is 1.15 bits per heavy atom. The van der Waals surface area contributed by atoms with Crippen LogP contribution in [0.2, 0.25) is 0 Å². The van der Waals surface area contributed by atoms with Gasteiger partial charge in [0.25, 0.3) is 0 Å². The molecule has 26 heavy (non-hydrogen) atoms. The van der Waals surface area contributed by atoms with Gasteiger partial charge in [-0.25, -0.2) is 9.97 Å². The van der Waals surface area contributed by atoms with Crippen molar-refractivity contribution in [2.24, 2.45) is 4.99 Å². The standard InChI is InChI=1S/C19H24N6S/c1-3-16-11-22-18(26-16)13-24-19(20-2)23-12-17-21-9-10-25(17)14-15-7-5-4-6-8-15/h4-11H,3,12-14H2,1-2H3,(H2,20,23,24). The van der Waals surface area contributed by atoms with Crippen LogP contribution in [0.15, 0.2) is 53.9 Å². The normalized spacial score (nSPS) is 11.5. The van der Waals surface area contributed by atoms with Gasteiger partial charge in [0, 0.05) is 37.1 Å². The summed E-state index contributed by atoms with van der Waals surface area (Å²) < 4.78 is 2.14.